The number of carbonyl (C=O) groups is 2. The van der Waals surface area contributed by atoms with Crippen molar-refractivity contribution in [3.63, 3.8) is 0 Å². The molecule has 0 aromatic heterocycles. The van der Waals surface area contributed by atoms with Crippen LogP contribution in [0.4, 0.5) is 0 Å². The molecule has 0 spiro atoms. The average molecular weight is 203 g/mol. The van der Waals surface area contributed by atoms with Crippen molar-refractivity contribution in [2.45, 2.75) is 0 Å². The lowest BCUT2D eigenvalue weighted by Gasteiger charge is -1.95. The van der Waals surface area contributed by atoms with Gasteiger partial charge in [0.25, 0.3) is 5.91 Å². The van der Waals surface area contributed by atoms with Crippen LogP contribution in [0.2, 0.25) is 0 Å². The molecular weight excluding hydrogens is 190 g/mol. The Kier molecular flexibility index (Phi) is 7.22. The molecule has 0 saturated heterocycles. The van der Waals surface area contributed by atoms with Gasteiger partial charge in [-0.1, -0.05) is 49.6 Å². The van der Waals surface area contributed by atoms with Gasteiger partial charge in [-0.15, -0.1) is 0 Å². The van der Waals surface area contributed by atoms with E-state index in [2.05, 4.69) is 13.2 Å². The van der Waals surface area contributed by atoms with E-state index in [-0.39, 0.29) is 0 Å². The summed E-state index contributed by atoms with van der Waals surface area (Å²) in [6.45, 7) is 6.97. The first-order valence-corrected chi connectivity index (χ1v) is 4.29. The van der Waals surface area contributed by atoms with Gasteiger partial charge in [-0.2, -0.15) is 0 Å². The summed E-state index contributed by atoms with van der Waals surface area (Å²) in [6, 6.07) is 0. The van der Waals surface area contributed by atoms with Crippen LogP contribution in [0.5, 0.6) is 0 Å². The highest BCUT2D eigenvalue weighted by Gasteiger charge is 2.01. The molecule has 15 heavy (non-hydrogen) atoms. The summed E-state index contributed by atoms with van der Waals surface area (Å²) in [4.78, 5) is 21.2. The van der Waals surface area contributed by atoms with Gasteiger partial charge in [0.1, 0.15) is 0 Å². The molecule has 0 heterocycles. The number of imide groups is 1. The molecule has 2 amide bonds. The SMILES string of the molecule is C=C/C=C/C=C\C=C(/C=C)C(=O)NC=O. The van der Waals surface area contributed by atoms with Crippen molar-refractivity contribution < 1.29 is 9.59 Å². The first-order valence-electron chi connectivity index (χ1n) is 4.29. The predicted molar refractivity (Wildman–Crippen MR) is 61.0 cm³/mol. The molecular formula is C12H13NO2. The van der Waals surface area contributed by atoms with E-state index in [1.165, 1.54) is 6.08 Å². The van der Waals surface area contributed by atoms with Crippen LogP contribution >= 0.6 is 0 Å². The highest BCUT2D eigenvalue weighted by molar-refractivity contribution is 6.01. The number of rotatable bonds is 6. The van der Waals surface area contributed by atoms with Crippen molar-refractivity contribution >= 4 is 12.3 Å². The van der Waals surface area contributed by atoms with Crippen LogP contribution in [0, 0.1) is 0 Å². The molecule has 0 rings (SSSR count). The Morgan fingerprint density at radius 3 is 2.27 bits per heavy atom. The number of amides is 2. The highest BCUT2D eigenvalue weighted by Crippen LogP contribution is 1.96. The minimum atomic E-state index is -0.475. The standard InChI is InChI=1S/C12H13NO2/c1-3-5-6-7-8-9-11(4-2)12(15)13-10-14/h3-10H,1-2H2,(H,13,14,15)/b6-5+,8-7-,11-9+. The first kappa shape index (κ1) is 12.8. The minimum absolute atomic E-state index is 0.324. The molecule has 3 nitrogen and oxygen atoms in total. The number of carbonyl (C=O) groups excluding carboxylic acids is 2. The highest BCUT2D eigenvalue weighted by atomic mass is 16.2. The van der Waals surface area contributed by atoms with Gasteiger partial charge >= 0.3 is 0 Å². The number of hydrogen-bond acceptors (Lipinski definition) is 2. The van der Waals surface area contributed by atoms with E-state index in [1.807, 2.05) is 5.32 Å². The summed E-state index contributed by atoms with van der Waals surface area (Å²) in [6.07, 6.45) is 11.8. The largest absolute Gasteiger partial charge is 0.295 e. The second kappa shape index (κ2) is 8.44. The summed E-state index contributed by atoms with van der Waals surface area (Å²) >= 11 is 0. The molecule has 0 fully saturated rings. The number of nitrogens with one attached hydrogen (secondary N) is 1. The normalized spacial score (nSPS) is 11.6. The molecule has 0 bridgehead atoms. The number of allylic oxidation sites excluding steroid dienone is 6. The third-order valence-corrected chi connectivity index (χ3v) is 1.42. The molecule has 0 atom stereocenters. The van der Waals surface area contributed by atoms with Crippen molar-refractivity contribution in [1.29, 1.82) is 0 Å². The van der Waals surface area contributed by atoms with E-state index in [0.717, 1.165) is 0 Å². The van der Waals surface area contributed by atoms with E-state index in [0.29, 0.717) is 12.0 Å². The summed E-state index contributed by atoms with van der Waals surface area (Å²) < 4.78 is 0. The van der Waals surface area contributed by atoms with Gasteiger partial charge in [0.2, 0.25) is 6.41 Å². The molecule has 78 valence electrons. The van der Waals surface area contributed by atoms with Gasteiger partial charge in [-0.3, -0.25) is 14.9 Å². The second-order valence-electron chi connectivity index (χ2n) is 2.42. The lowest BCUT2D eigenvalue weighted by atomic mass is 10.2. The molecule has 0 aromatic rings. The molecule has 0 aromatic carbocycles. The van der Waals surface area contributed by atoms with Crippen LogP contribution in [0.3, 0.4) is 0 Å². The zero-order valence-corrected chi connectivity index (χ0v) is 8.35. The maximum Gasteiger partial charge on any atom is 0.257 e. The quantitative estimate of drug-likeness (QED) is 0.405. The molecule has 1 N–H and O–H groups in total. The van der Waals surface area contributed by atoms with Crippen molar-refractivity contribution in [2.24, 2.45) is 0 Å². The molecule has 0 saturated carbocycles. The monoisotopic (exact) mass is 203 g/mol. The minimum Gasteiger partial charge on any atom is -0.295 e. The molecule has 0 radical (unpaired) electrons. The van der Waals surface area contributed by atoms with Crippen molar-refractivity contribution in [1.82, 2.24) is 5.32 Å². The molecule has 0 aliphatic rings. The van der Waals surface area contributed by atoms with Crippen molar-refractivity contribution in [3.8, 4) is 0 Å². The van der Waals surface area contributed by atoms with Gasteiger partial charge in [0.05, 0.1) is 0 Å². The fourth-order valence-electron chi connectivity index (χ4n) is 0.739. The molecule has 3 heteroatoms. The maximum absolute atomic E-state index is 11.1. The van der Waals surface area contributed by atoms with E-state index >= 15 is 0 Å². The summed E-state index contributed by atoms with van der Waals surface area (Å²) in [7, 11) is 0. The number of hydrogen-bond donors (Lipinski definition) is 1. The third kappa shape index (κ3) is 5.99. The Morgan fingerprint density at radius 2 is 1.73 bits per heavy atom. The van der Waals surface area contributed by atoms with E-state index in [1.54, 1.807) is 36.5 Å². The second-order valence-corrected chi connectivity index (χ2v) is 2.42. The summed E-state index contributed by atoms with van der Waals surface area (Å²) in [5.74, 6) is -0.475. The first-order chi connectivity index (χ1) is 7.26. The van der Waals surface area contributed by atoms with Crippen LogP contribution in [0.25, 0.3) is 0 Å². The average Bonchev–Trinajstić information content (AvgIpc) is 2.23. The lowest BCUT2D eigenvalue weighted by molar-refractivity contribution is -0.122. The smallest absolute Gasteiger partial charge is 0.257 e. The topological polar surface area (TPSA) is 46.2 Å². The predicted octanol–water partition coefficient (Wildman–Crippen LogP) is 1.67. The van der Waals surface area contributed by atoms with Gasteiger partial charge in [0.15, 0.2) is 0 Å². The molecule has 0 unspecified atom stereocenters. The van der Waals surface area contributed by atoms with Gasteiger partial charge < -0.3 is 0 Å². The van der Waals surface area contributed by atoms with Crippen LogP contribution in [0.1, 0.15) is 0 Å². The van der Waals surface area contributed by atoms with Gasteiger partial charge in [-0.25, -0.2) is 0 Å². The summed E-state index contributed by atoms with van der Waals surface area (Å²) in [5.41, 5.74) is 0.324. The molecule has 0 aliphatic carbocycles. The fraction of sp³-hybridized carbons (Fsp3) is 0. The lowest BCUT2D eigenvalue weighted by Crippen LogP contribution is -2.22. The third-order valence-electron chi connectivity index (χ3n) is 1.42. The Morgan fingerprint density at radius 1 is 1.07 bits per heavy atom. The summed E-state index contributed by atoms with van der Waals surface area (Å²) in [5, 5.41) is 2.02. The Labute approximate surface area is 89.2 Å². The Hall–Kier alpha value is -2.16. The Bertz CT molecular complexity index is 336. The van der Waals surface area contributed by atoms with Crippen LogP contribution in [-0.2, 0) is 9.59 Å². The van der Waals surface area contributed by atoms with Crippen molar-refractivity contribution in [2.75, 3.05) is 0 Å². The van der Waals surface area contributed by atoms with Crippen molar-refractivity contribution in [3.05, 3.63) is 61.3 Å². The Balaban J connectivity index is 4.46. The van der Waals surface area contributed by atoms with Crippen LogP contribution < -0.4 is 5.32 Å². The van der Waals surface area contributed by atoms with Gasteiger partial charge in [0, 0.05) is 5.57 Å². The van der Waals surface area contributed by atoms with Crippen LogP contribution in [0.15, 0.2) is 61.3 Å². The van der Waals surface area contributed by atoms with E-state index < -0.39 is 5.91 Å². The molecule has 0 aliphatic heterocycles. The van der Waals surface area contributed by atoms with E-state index in [9.17, 15) is 9.59 Å². The zero-order chi connectivity index (χ0) is 11.5. The van der Waals surface area contributed by atoms with E-state index in [4.69, 9.17) is 0 Å². The van der Waals surface area contributed by atoms with Gasteiger partial charge in [-0.05, 0) is 6.08 Å². The van der Waals surface area contributed by atoms with Crippen LogP contribution in [-0.4, -0.2) is 12.3 Å². The zero-order valence-electron chi connectivity index (χ0n) is 8.35. The maximum atomic E-state index is 11.1. The fourth-order valence-corrected chi connectivity index (χ4v) is 0.739.